The van der Waals surface area contributed by atoms with Crippen molar-refractivity contribution in [3.63, 3.8) is 0 Å². The molecular weight excluding hydrogens is 224 g/mol. The molecule has 0 bridgehead atoms. The molecule has 1 unspecified atom stereocenters. The van der Waals surface area contributed by atoms with E-state index in [1.165, 1.54) is 6.42 Å². The van der Waals surface area contributed by atoms with Gasteiger partial charge in [0.05, 0.1) is 0 Å². The Labute approximate surface area is 109 Å². The van der Waals surface area contributed by atoms with Gasteiger partial charge in [0.25, 0.3) is 0 Å². The first-order valence-corrected chi connectivity index (χ1v) is 6.78. The van der Waals surface area contributed by atoms with Crippen molar-refractivity contribution in [1.29, 1.82) is 0 Å². The first-order chi connectivity index (χ1) is 8.68. The second-order valence-corrected chi connectivity index (χ2v) is 5.25. The molecule has 3 heteroatoms. The SMILES string of the molecule is CC1CCCN(C(=O)[C@@H](N)c2ccccc2)CC1. The van der Waals surface area contributed by atoms with Gasteiger partial charge in [-0.2, -0.15) is 0 Å². The molecule has 0 spiro atoms. The molecule has 2 atom stereocenters. The highest BCUT2D eigenvalue weighted by atomic mass is 16.2. The van der Waals surface area contributed by atoms with Gasteiger partial charge in [0.1, 0.15) is 6.04 Å². The van der Waals surface area contributed by atoms with Gasteiger partial charge in [-0.1, -0.05) is 37.3 Å². The Hall–Kier alpha value is -1.35. The Morgan fingerprint density at radius 1 is 1.28 bits per heavy atom. The lowest BCUT2D eigenvalue weighted by molar-refractivity contribution is -0.132. The maximum Gasteiger partial charge on any atom is 0.244 e. The van der Waals surface area contributed by atoms with Gasteiger partial charge in [0, 0.05) is 13.1 Å². The van der Waals surface area contributed by atoms with E-state index in [-0.39, 0.29) is 5.91 Å². The fraction of sp³-hybridized carbons (Fsp3) is 0.533. The van der Waals surface area contributed by atoms with Gasteiger partial charge in [-0.05, 0) is 30.7 Å². The number of rotatable bonds is 2. The molecule has 1 fully saturated rings. The van der Waals surface area contributed by atoms with E-state index in [0.717, 1.165) is 37.4 Å². The first kappa shape index (κ1) is 13.1. The predicted octanol–water partition coefficient (Wildman–Crippen LogP) is 2.33. The number of carbonyl (C=O) groups is 1. The number of amides is 1. The Morgan fingerprint density at radius 2 is 2.00 bits per heavy atom. The maximum absolute atomic E-state index is 12.4. The van der Waals surface area contributed by atoms with Crippen molar-refractivity contribution in [2.75, 3.05) is 13.1 Å². The van der Waals surface area contributed by atoms with E-state index in [4.69, 9.17) is 5.73 Å². The van der Waals surface area contributed by atoms with Gasteiger partial charge >= 0.3 is 0 Å². The topological polar surface area (TPSA) is 46.3 Å². The molecule has 98 valence electrons. The quantitative estimate of drug-likeness (QED) is 0.870. The van der Waals surface area contributed by atoms with E-state index in [2.05, 4.69) is 6.92 Å². The van der Waals surface area contributed by atoms with Crippen LogP contribution in [-0.4, -0.2) is 23.9 Å². The summed E-state index contributed by atoms with van der Waals surface area (Å²) in [4.78, 5) is 14.3. The molecule has 1 aliphatic heterocycles. The van der Waals surface area contributed by atoms with Crippen LogP contribution in [0.3, 0.4) is 0 Å². The molecule has 1 aliphatic rings. The Balaban J connectivity index is 2.02. The van der Waals surface area contributed by atoms with Crippen LogP contribution in [0.4, 0.5) is 0 Å². The standard InChI is InChI=1S/C15H22N2O/c1-12-6-5-10-17(11-9-12)15(18)14(16)13-7-3-2-4-8-13/h2-4,7-8,12,14H,5-6,9-11,16H2,1H3/t12?,14-/m0/s1. The zero-order valence-corrected chi connectivity index (χ0v) is 11.0. The molecule has 0 aliphatic carbocycles. The number of hydrogen-bond donors (Lipinski definition) is 1. The normalized spacial score (nSPS) is 22.3. The van der Waals surface area contributed by atoms with Gasteiger partial charge in [-0.15, -0.1) is 0 Å². The minimum Gasteiger partial charge on any atom is -0.341 e. The van der Waals surface area contributed by atoms with E-state index in [1.54, 1.807) is 0 Å². The second-order valence-electron chi connectivity index (χ2n) is 5.25. The molecule has 1 heterocycles. The largest absolute Gasteiger partial charge is 0.341 e. The fourth-order valence-corrected chi connectivity index (χ4v) is 2.48. The maximum atomic E-state index is 12.4. The molecule has 1 aromatic carbocycles. The lowest BCUT2D eigenvalue weighted by Gasteiger charge is -2.24. The number of nitrogens with zero attached hydrogens (tertiary/aromatic N) is 1. The lowest BCUT2D eigenvalue weighted by Crippen LogP contribution is -2.39. The highest BCUT2D eigenvalue weighted by Crippen LogP contribution is 2.19. The van der Waals surface area contributed by atoms with E-state index in [1.807, 2.05) is 35.2 Å². The van der Waals surface area contributed by atoms with Crippen molar-refractivity contribution in [2.24, 2.45) is 11.7 Å². The summed E-state index contributed by atoms with van der Waals surface area (Å²) < 4.78 is 0. The third-order valence-electron chi connectivity index (χ3n) is 3.75. The summed E-state index contributed by atoms with van der Waals surface area (Å²) in [5.41, 5.74) is 6.97. The van der Waals surface area contributed by atoms with Crippen molar-refractivity contribution in [2.45, 2.75) is 32.2 Å². The summed E-state index contributed by atoms with van der Waals surface area (Å²) in [5, 5.41) is 0. The molecule has 1 amide bonds. The van der Waals surface area contributed by atoms with E-state index in [0.29, 0.717) is 0 Å². The van der Waals surface area contributed by atoms with Gasteiger partial charge in [-0.25, -0.2) is 0 Å². The number of nitrogens with two attached hydrogens (primary N) is 1. The van der Waals surface area contributed by atoms with Crippen molar-refractivity contribution < 1.29 is 4.79 Å². The zero-order chi connectivity index (χ0) is 13.0. The van der Waals surface area contributed by atoms with Crippen molar-refractivity contribution in [3.8, 4) is 0 Å². The molecule has 2 N–H and O–H groups in total. The molecule has 0 aromatic heterocycles. The van der Waals surface area contributed by atoms with Crippen LogP contribution in [0, 0.1) is 5.92 Å². The Morgan fingerprint density at radius 3 is 2.72 bits per heavy atom. The number of carbonyl (C=O) groups excluding carboxylic acids is 1. The third-order valence-corrected chi connectivity index (χ3v) is 3.75. The van der Waals surface area contributed by atoms with Crippen LogP contribution < -0.4 is 5.73 Å². The Bertz CT molecular complexity index is 391. The van der Waals surface area contributed by atoms with Crippen LogP contribution in [0.5, 0.6) is 0 Å². The predicted molar refractivity (Wildman–Crippen MR) is 73.0 cm³/mol. The molecule has 0 saturated carbocycles. The average Bonchev–Trinajstić information content (AvgIpc) is 2.63. The monoisotopic (exact) mass is 246 g/mol. The van der Waals surface area contributed by atoms with Gasteiger partial charge in [0.15, 0.2) is 0 Å². The first-order valence-electron chi connectivity index (χ1n) is 6.78. The molecule has 18 heavy (non-hydrogen) atoms. The van der Waals surface area contributed by atoms with Crippen molar-refractivity contribution >= 4 is 5.91 Å². The molecule has 0 radical (unpaired) electrons. The second kappa shape index (κ2) is 6.01. The number of benzene rings is 1. The number of likely N-dealkylation sites (tertiary alicyclic amines) is 1. The van der Waals surface area contributed by atoms with Gasteiger partial charge < -0.3 is 10.6 Å². The summed E-state index contributed by atoms with van der Waals surface area (Å²) >= 11 is 0. The molecular formula is C15H22N2O. The summed E-state index contributed by atoms with van der Waals surface area (Å²) in [6, 6.07) is 9.11. The smallest absolute Gasteiger partial charge is 0.244 e. The van der Waals surface area contributed by atoms with Crippen LogP contribution in [-0.2, 0) is 4.79 Å². The van der Waals surface area contributed by atoms with Crippen LogP contribution in [0.15, 0.2) is 30.3 Å². The third kappa shape index (κ3) is 3.10. The Kier molecular flexibility index (Phi) is 4.37. The lowest BCUT2D eigenvalue weighted by atomic mass is 10.0. The van der Waals surface area contributed by atoms with Crippen molar-refractivity contribution in [3.05, 3.63) is 35.9 Å². The highest BCUT2D eigenvalue weighted by Gasteiger charge is 2.24. The fourth-order valence-electron chi connectivity index (χ4n) is 2.48. The van der Waals surface area contributed by atoms with E-state index in [9.17, 15) is 4.79 Å². The van der Waals surface area contributed by atoms with Crippen LogP contribution in [0.1, 0.15) is 37.8 Å². The van der Waals surface area contributed by atoms with Crippen molar-refractivity contribution in [1.82, 2.24) is 4.90 Å². The zero-order valence-electron chi connectivity index (χ0n) is 11.0. The van der Waals surface area contributed by atoms with Gasteiger partial charge in [0.2, 0.25) is 5.91 Å². The average molecular weight is 246 g/mol. The summed E-state index contributed by atoms with van der Waals surface area (Å²) in [5.74, 6) is 0.783. The van der Waals surface area contributed by atoms with E-state index < -0.39 is 6.04 Å². The van der Waals surface area contributed by atoms with Crippen LogP contribution in [0.2, 0.25) is 0 Å². The molecule has 2 rings (SSSR count). The number of hydrogen-bond acceptors (Lipinski definition) is 2. The minimum absolute atomic E-state index is 0.0651. The minimum atomic E-state index is -0.514. The van der Waals surface area contributed by atoms with Crippen LogP contribution >= 0.6 is 0 Å². The molecule has 1 aromatic rings. The highest BCUT2D eigenvalue weighted by molar-refractivity contribution is 5.83. The van der Waals surface area contributed by atoms with Crippen LogP contribution in [0.25, 0.3) is 0 Å². The molecule has 1 saturated heterocycles. The van der Waals surface area contributed by atoms with Gasteiger partial charge in [-0.3, -0.25) is 4.79 Å². The molecule has 3 nitrogen and oxygen atoms in total. The summed E-state index contributed by atoms with van der Waals surface area (Å²) in [6.07, 6.45) is 3.39. The van der Waals surface area contributed by atoms with E-state index >= 15 is 0 Å². The summed E-state index contributed by atoms with van der Waals surface area (Å²) in [7, 11) is 0. The summed E-state index contributed by atoms with van der Waals surface area (Å²) in [6.45, 7) is 3.95.